The van der Waals surface area contributed by atoms with Crippen molar-refractivity contribution in [2.45, 2.75) is 18.0 Å². The summed E-state index contributed by atoms with van der Waals surface area (Å²) >= 11 is 1.37. The second kappa shape index (κ2) is 6.42. The molecule has 0 atom stereocenters. The molecule has 0 fully saturated rings. The normalized spacial score (nSPS) is 16.2. The molecule has 0 saturated carbocycles. The molecule has 1 amide bonds. The van der Waals surface area contributed by atoms with Gasteiger partial charge in [-0.1, -0.05) is 6.58 Å². The molecule has 2 aliphatic heterocycles. The van der Waals surface area contributed by atoms with Crippen LogP contribution in [0.5, 0.6) is 11.5 Å². The van der Waals surface area contributed by atoms with E-state index in [1.807, 2.05) is 0 Å². The van der Waals surface area contributed by atoms with Crippen LogP contribution in [0.4, 0.5) is 5.00 Å². The summed E-state index contributed by atoms with van der Waals surface area (Å²) in [5.41, 5.74) is 0.899. The molecule has 3 heterocycles. The van der Waals surface area contributed by atoms with Gasteiger partial charge in [-0.05, 0) is 29.8 Å². The molecule has 0 saturated heterocycles. The average Bonchev–Trinajstić information content (AvgIpc) is 3.20. The number of ether oxygens (including phenoxy) is 2. The van der Waals surface area contributed by atoms with Gasteiger partial charge in [0.15, 0.2) is 11.5 Å². The summed E-state index contributed by atoms with van der Waals surface area (Å²) in [6.07, 6.45) is 1.20. The van der Waals surface area contributed by atoms with Gasteiger partial charge in [-0.2, -0.15) is 4.31 Å². The van der Waals surface area contributed by atoms with Crippen molar-refractivity contribution in [3.05, 3.63) is 47.4 Å². The molecule has 0 bridgehead atoms. The van der Waals surface area contributed by atoms with Crippen molar-refractivity contribution in [2.75, 3.05) is 18.5 Å². The standard InChI is InChI=1S/C17H16N2O5S2/c1-2-16(20)18-17-7-11-9-19(10-15(11)25-17)26(21,22)12-3-4-13-14(8-12)24-6-5-23-13/h2-4,7-8H,1,5-6,9-10H2,(H,18,20). The molecular formula is C17H16N2O5S2. The van der Waals surface area contributed by atoms with Crippen molar-refractivity contribution in [3.8, 4) is 11.5 Å². The molecule has 136 valence electrons. The number of sulfonamides is 1. The lowest BCUT2D eigenvalue weighted by Crippen LogP contribution is -2.26. The van der Waals surface area contributed by atoms with Crippen LogP contribution in [0.1, 0.15) is 10.4 Å². The van der Waals surface area contributed by atoms with E-state index in [0.717, 1.165) is 10.4 Å². The van der Waals surface area contributed by atoms with Crippen molar-refractivity contribution in [3.63, 3.8) is 0 Å². The fourth-order valence-corrected chi connectivity index (χ4v) is 5.45. The Morgan fingerprint density at radius 1 is 1.19 bits per heavy atom. The minimum atomic E-state index is -3.65. The van der Waals surface area contributed by atoms with Gasteiger partial charge >= 0.3 is 0 Å². The number of hydrogen-bond donors (Lipinski definition) is 1. The number of nitrogens with one attached hydrogen (secondary N) is 1. The summed E-state index contributed by atoms with van der Waals surface area (Å²) in [6, 6.07) is 6.47. The van der Waals surface area contributed by atoms with Gasteiger partial charge in [0.1, 0.15) is 13.2 Å². The smallest absolute Gasteiger partial charge is 0.248 e. The Morgan fingerprint density at radius 3 is 2.69 bits per heavy atom. The van der Waals surface area contributed by atoms with E-state index in [-0.39, 0.29) is 23.9 Å². The van der Waals surface area contributed by atoms with Gasteiger partial charge < -0.3 is 14.8 Å². The fourth-order valence-electron chi connectivity index (χ4n) is 2.88. The number of hydrogen-bond acceptors (Lipinski definition) is 6. The Hall–Kier alpha value is -2.36. The summed E-state index contributed by atoms with van der Waals surface area (Å²) in [5.74, 6) is 0.713. The zero-order valence-corrected chi connectivity index (χ0v) is 15.4. The van der Waals surface area contributed by atoms with Crippen LogP contribution in [0.25, 0.3) is 0 Å². The number of carbonyl (C=O) groups excluding carboxylic acids is 1. The minimum Gasteiger partial charge on any atom is -0.486 e. The number of benzene rings is 1. The van der Waals surface area contributed by atoms with E-state index < -0.39 is 10.0 Å². The first-order valence-corrected chi connectivity index (χ1v) is 10.2. The van der Waals surface area contributed by atoms with Crippen LogP contribution >= 0.6 is 11.3 Å². The summed E-state index contributed by atoms with van der Waals surface area (Å²) in [7, 11) is -3.65. The van der Waals surface area contributed by atoms with Crippen LogP contribution in [-0.2, 0) is 27.9 Å². The highest BCUT2D eigenvalue weighted by Gasteiger charge is 2.33. The monoisotopic (exact) mass is 392 g/mol. The second-order valence-corrected chi connectivity index (χ2v) is 8.91. The van der Waals surface area contributed by atoms with Crippen LogP contribution in [0.2, 0.25) is 0 Å². The molecule has 0 spiro atoms. The average molecular weight is 392 g/mol. The van der Waals surface area contributed by atoms with Crippen LogP contribution in [0.3, 0.4) is 0 Å². The Morgan fingerprint density at radius 2 is 1.96 bits per heavy atom. The summed E-state index contributed by atoms with van der Waals surface area (Å²) < 4.78 is 38.2. The van der Waals surface area contributed by atoms with Gasteiger partial charge in [0.2, 0.25) is 15.9 Å². The summed E-state index contributed by atoms with van der Waals surface area (Å²) in [5, 5.41) is 3.39. The third kappa shape index (κ3) is 2.98. The number of carbonyl (C=O) groups is 1. The molecule has 0 radical (unpaired) electrons. The maximum Gasteiger partial charge on any atom is 0.248 e. The van der Waals surface area contributed by atoms with Crippen molar-refractivity contribution in [1.29, 1.82) is 0 Å². The molecule has 7 nitrogen and oxygen atoms in total. The maximum atomic E-state index is 12.9. The number of nitrogens with zero attached hydrogens (tertiary/aromatic N) is 1. The van der Waals surface area contributed by atoms with Crippen molar-refractivity contribution >= 4 is 32.3 Å². The van der Waals surface area contributed by atoms with Crippen LogP contribution in [0, 0.1) is 0 Å². The first kappa shape index (κ1) is 17.1. The predicted octanol–water partition coefficient (Wildman–Crippen LogP) is 2.35. The molecule has 1 aromatic heterocycles. The van der Waals surface area contributed by atoms with Crippen molar-refractivity contribution < 1.29 is 22.7 Å². The Balaban J connectivity index is 1.55. The van der Waals surface area contributed by atoms with Gasteiger partial charge in [0.25, 0.3) is 0 Å². The molecule has 2 aliphatic rings. The second-order valence-electron chi connectivity index (χ2n) is 5.83. The van der Waals surface area contributed by atoms with E-state index in [0.29, 0.717) is 29.7 Å². The van der Waals surface area contributed by atoms with E-state index in [1.165, 1.54) is 33.9 Å². The highest BCUT2D eigenvalue weighted by atomic mass is 32.2. The number of fused-ring (bicyclic) bond motifs is 2. The van der Waals surface area contributed by atoms with Gasteiger partial charge in [0.05, 0.1) is 9.90 Å². The maximum absolute atomic E-state index is 12.9. The largest absolute Gasteiger partial charge is 0.486 e. The number of amides is 1. The van der Waals surface area contributed by atoms with Gasteiger partial charge in [-0.15, -0.1) is 11.3 Å². The molecular weight excluding hydrogens is 376 g/mol. The van der Waals surface area contributed by atoms with Crippen LogP contribution < -0.4 is 14.8 Å². The lowest BCUT2D eigenvalue weighted by molar-refractivity contribution is -0.111. The number of thiophene rings is 1. The van der Waals surface area contributed by atoms with Crippen LogP contribution in [0.15, 0.2) is 41.8 Å². The van der Waals surface area contributed by atoms with Crippen molar-refractivity contribution in [1.82, 2.24) is 4.31 Å². The highest BCUT2D eigenvalue weighted by molar-refractivity contribution is 7.89. The summed E-state index contributed by atoms with van der Waals surface area (Å²) in [4.78, 5) is 12.5. The van der Waals surface area contributed by atoms with Crippen molar-refractivity contribution in [2.24, 2.45) is 0 Å². The van der Waals surface area contributed by atoms with E-state index >= 15 is 0 Å². The third-order valence-corrected chi connectivity index (χ3v) is 7.01. The van der Waals surface area contributed by atoms with Gasteiger partial charge in [-0.3, -0.25) is 4.79 Å². The highest BCUT2D eigenvalue weighted by Crippen LogP contribution is 2.38. The molecule has 1 N–H and O–H groups in total. The number of anilines is 1. The van der Waals surface area contributed by atoms with E-state index in [2.05, 4.69) is 11.9 Å². The predicted molar refractivity (Wildman–Crippen MR) is 97.0 cm³/mol. The quantitative estimate of drug-likeness (QED) is 0.808. The SMILES string of the molecule is C=CC(=O)Nc1cc2c(s1)CN(S(=O)(=O)c1ccc3c(c1)OCCO3)C2. The molecule has 1 aromatic carbocycles. The van der Waals surface area contributed by atoms with E-state index in [1.54, 1.807) is 12.1 Å². The Labute approximate surface area is 154 Å². The van der Waals surface area contributed by atoms with Gasteiger partial charge in [-0.25, -0.2) is 8.42 Å². The molecule has 9 heteroatoms. The zero-order chi connectivity index (χ0) is 18.3. The first-order valence-electron chi connectivity index (χ1n) is 7.92. The Bertz CT molecular complexity index is 973. The molecule has 4 rings (SSSR count). The van der Waals surface area contributed by atoms with Gasteiger partial charge in [0, 0.05) is 24.0 Å². The summed E-state index contributed by atoms with van der Waals surface area (Å²) in [6.45, 7) is 4.82. The fraction of sp³-hybridized carbons (Fsp3) is 0.235. The molecule has 0 unspecified atom stereocenters. The lowest BCUT2D eigenvalue weighted by Gasteiger charge is -2.20. The number of rotatable bonds is 4. The van der Waals surface area contributed by atoms with E-state index in [4.69, 9.17) is 9.47 Å². The molecule has 2 aromatic rings. The zero-order valence-electron chi connectivity index (χ0n) is 13.7. The Kier molecular flexibility index (Phi) is 4.22. The van der Waals surface area contributed by atoms with E-state index in [9.17, 15) is 13.2 Å². The lowest BCUT2D eigenvalue weighted by atomic mass is 10.3. The topological polar surface area (TPSA) is 84.9 Å². The van der Waals surface area contributed by atoms with Crippen LogP contribution in [-0.4, -0.2) is 31.8 Å². The minimum absolute atomic E-state index is 0.178. The third-order valence-electron chi connectivity index (χ3n) is 4.15. The molecule has 0 aliphatic carbocycles. The molecule has 26 heavy (non-hydrogen) atoms. The first-order chi connectivity index (χ1) is 12.5.